The molecule has 1 unspecified atom stereocenters. The van der Waals surface area contributed by atoms with Gasteiger partial charge in [-0.25, -0.2) is 4.39 Å². The Kier molecular flexibility index (Phi) is 4.31. The SMILES string of the molecule is Cc1ccc(N2C(=O)C(O)=C(C(=O)c3ccco3)C2c2ccc(F)cc2)cc1. The number of carbonyl (C=O) groups excluding carboxylic acids is 2. The number of nitrogens with zero attached hydrogens (tertiary/aromatic N) is 1. The van der Waals surface area contributed by atoms with Crippen molar-refractivity contribution in [2.45, 2.75) is 13.0 Å². The summed E-state index contributed by atoms with van der Waals surface area (Å²) >= 11 is 0. The molecule has 0 aliphatic carbocycles. The minimum atomic E-state index is -0.909. The van der Waals surface area contributed by atoms with Crippen LogP contribution in [0.5, 0.6) is 0 Å². The van der Waals surface area contributed by atoms with Crippen LogP contribution in [0.15, 0.2) is 82.7 Å². The van der Waals surface area contributed by atoms with E-state index in [9.17, 15) is 19.1 Å². The first kappa shape index (κ1) is 17.7. The summed E-state index contributed by atoms with van der Waals surface area (Å²) in [7, 11) is 0. The maximum atomic E-state index is 13.4. The lowest BCUT2D eigenvalue weighted by Gasteiger charge is -2.27. The number of hydrogen-bond donors (Lipinski definition) is 1. The summed E-state index contributed by atoms with van der Waals surface area (Å²) < 4.78 is 18.6. The highest BCUT2D eigenvalue weighted by molar-refractivity contribution is 6.20. The summed E-state index contributed by atoms with van der Waals surface area (Å²) in [4.78, 5) is 27.2. The van der Waals surface area contributed by atoms with Gasteiger partial charge in [0.25, 0.3) is 5.91 Å². The quantitative estimate of drug-likeness (QED) is 0.679. The van der Waals surface area contributed by atoms with Crippen LogP contribution in [-0.4, -0.2) is 16.8 Å². The Morgan fingerprint density at radius 1 is 1.07 bits per heavy atom. The van der Waals surface area contributed by atoms with Crippen LogP contribution in [0.1, 0.15) is 27.7 Å². The number of aliphatic hydroxyl groups excluding tert-OH is 1. The van der Waals surface area contributed by atoms with Gasteiger partial charge >= 0.3 is 0 Å². The van der Waals surface area contributed by atoms with Crippen LogP contribution in [0.4, 0.5) is 10.1 Å². The second-order valence-electron chi connectivity index (χ2n) is 6.53. The molecule has 0 saturated carbocycles. The Bertz CT molecular complexity index is 1070. The Balaban J connectivity index is 1.88. The Morgan fingerprint density at radius 3 is 2.36 bits per heavy atom. The number of ketones is 1. The van der Waals surface area contributed by atoms with E-state index in [1.165, 1.54) is 41.5 Å². The molecule has 140 valence electrons. The van der Waals surface area contributed by atoms with Gasteiger partial charge in [-0.3, -0.25) is 14.5 Å². The van der Waals surface area contributed by atoms with Crippen molar-refractivity contribution in [3.05, 3.63) is 101 Å². The number of furan rings is 1. The molecule has 2 heterocycles. The number of hydrogen-bond acceptors (Lipinski definition) is 4. The van der Waals surface area contributed by atoms with Gasteiger partial charge in [-0.2, -0.15) is 0 Å². The van der Waals surface area contributed by atoms with Crippen molar-refractivity contribution >= 4 is 17.4 Å². The van der Waals surface area contributed by atoms with Gasteiger partial charge in [0.15, 0.2) is 11.5 Å². The maximum Gasteiger partial charge on any atom is 0.294 e. The number of benzene rings is 2. The summed E-state index contributed by atoms with van der Waals surface area (Å²) in [5.41, 5.74) is 1.90. The third-order valence-corrected chi connectivity index (χ3v) is 4.70. The third-order valence-electron chi connectivity index (χ3n) is 4.70. The van der Waals surface area contributed by atoms with E-state index in [0.29, 0.717) is 11.3 Å². The fourth-order valence-electron chi connectivity index (χ4n) is 3.31. The van der Waals surface area contributed by atoms with Crippen LogP contribution in [0.3, 0.4) is 0 Å². The summed E-state index contributed by atoms with van der Waals surface area (Å²) in [5.74, 6) is -2.38. The van der Waals surface area contributed by atoms with E-state index >= 15 is 0 Å². The number of anilines is 1. The molecule has 1 aliphatic heterocycles. The van der Waals surface area contributed by atoms with Crippen LogP contribution in [0.25, 0.3) is 0 Å². The molecule has 5 nitrogen and oxygen atoms in total. The van der Waals surface area contributed by atoms with Gasteiger partial charge in [0, 0.05) is 5.69 Å². The summed E-state index contributed by atoms with van der Waals surface area (Å²) in [6.45, 7) is 1.91. The lowest BCUT2D eigenvalue weighted by Crippen LogP contribution is -2.31. The van der Waals surface area contributed by atoms with Gasteiger partial charge in [-0.1, -0.05) is 29.8 Å². The van der Waals surface area contributed by atoms with E-state index < -0.39 is 29.3 Å². The molecular formula is C22H16FNO4. The number of rotatable bonds is 4. The van der Waals surface area contributed by atoms with E-state index in [-0.39, 0.29) is 11.3 Å². The van der Waals surface area contributed by atoms with Crippen molar-refractivity contribution in [2.75, 3.05) is 4.90 Å². The predicted octanol–water partition coefficient (Wildman–Crippen LogP) is 4.51. The summed E-state index contributed by atoms with van der Waals surface area (Å²) in [5, 5.41) is 10.6. The van der Waals surface area contributed by atoms with Crippen LogP contribution in [0.2, 0.25) is 0 Å². The molecule has 1 atom stereocenters. The zero-order valence-corrected chi connectivity index (χ0v) is 14.9. The van der Waals surface area contributed by atoms with E-state index in [2.05, 4.69) is 0 Å². The highest BCUT2D eigenvalue weighted by Crippen LogP contribution is 2.41. The van der Waals surface area contributed by atoms with Crippen molar-refractivity contribution < 1.29 is 23.5 Å². The molecule has 1 N–H and O–H groups in total. The number of halogens is 1. The molecule has 3 aromatic rings. The van der Waals surface area contributed by atoms with Gasteiger partial charge in [0.05, 0.1) is 17.9 Å². The van der Waals surface area contributed by atoms with Crippen molar-refractivity contribution in [3.63, 3.8) is 0 Å². The predicted molar refractivity (Wildman–Crippen MR) is 100 cm³/mol. The molecule has 0 radical (unpaired) electrons. The Labute approximate surface area is 160 Å². The second kappa shape index (κ2) is 6.81. The number of aliphatic hydroxyl groups is 1. The maximum absolute atomic E-state index is 13.4. The lowest BCUT2D eigenvalue weighted by atomic mass is 9.95. The second-order valence-corrected chi connectivity index (χ2v) is 6.53. The highest BCUT2D eigenvalue weighted by atomic mass is 19.1. The normalized spacial score (nSPS) is 16.7. The van der Waals surface area contributed by atoms with E-state index in [1.807, 2.05) is 19.1 Å². The highest BCUT2D eigenvalue weighted by Gasteiger charge is 2.45. The minimum absolute atomic E-state index is 0.00668. The molecule has 28 heavy (non-hydrogen) atoms. The first-order valence-electron chi connectivity index (χ1n) is 8.64. The smallest absolute Gasteiger partial charge is 0.294 e. The Hall–Kier alpha value is -3.67. The van der Waals surface area contributed by atoms with Crippen molar-refractivity contribution in [3.8, 4) is 0 Å². The number of aryl methyl sites for hydroxylation is 1. The van der Waals surface area contributed by atoms with E-state index in [4.69, 9.17) is 4.42 Å². The first-order chi connectivity index (χ1) is 13.5. The lowest BCUT2D eigenvalue weighted by molar-refractivity contribution is -0.117. The van der Waals surface area contributed by atoms with Gasteiger partial charge in [0.2, 0.25) is 5.78 Å². The van der Waals surface area contributed by atoms with Gasteiger partial charge in [-0.05, 0) is 48.9 Å². The van der Waals surface area contributed by atoms with Crippen LogP contribution < -0.4 is 4.90 Å². The zero-order valence-electron chi connectivity index (χ0n) is 14.9. The number of Topliss-reactive ketones (excluding diaryl/α,β-unsaturated/α-hetero) is 1. The number of amides is 1. The van der Waals surface area contributed by atoms with Gasteiger partial charge < -0.3 is 9.52 Å². The zero-order chi connectivity index (χ0) is 19.8. The molecule has 4 rings (SSSR count). The topological polar surface area (TPSA) is 70.8 Å². The van der Waals surface area contributed by atoms with Crippen LogP contribution in [0, 0.1) is 12.7 Å². The standard InChI is InChI=1S/C22H16FNO4/c1-13-4-10-16(11-5-13)24-19(14-6-8-15(23)9-7-14)18(21(26)22(24)27)20(25)17-3-2-12-28-17/h2-12,19,26H,1H3. The molecule has 0 bridgehead atoms. The van der Waals surface area contributed by atoms with Gasteiger partial charge in [-0.15, -0.1) is 0 Å². The van der Waals surface area contributed by atoms with Crippen molar-refractivity contribution in [1.29, 1.82) is 0 Å². The van der Waals surface area contributed by atoms with Crippen LogP contribution >= 0.6 is 0 Å². The Morgan fingerprint density at radius 2 is 1.75 bits per heavy atom. The average molecular weight is 377 g/mol. The van der Waals surface area contributed by atoms with Gasteiger partial charge in [0.1, 0.15) is 5.82 Å². The van der Waals surface area contributed by atoms with Crippen LogP contribution in [-0.2, 0) is 4.79 Å². The minimum Gasteiger partial charge on any atom is -0.503 e. The molecule has 0 saturated heterocycles. The summed E-state index contributed by atoms with van der Waals surface area (Å²) in [6.07, 6.45) is 1.34. The van der Waals surface area contributed by atoms with Crippen molar-refractivity contribution in [1.82, 2.24) is 0 Å². The monoisotopic (exact) mass is 377 g/mol. The third kappa shape index (κ3) is 2.89. The fraction of sp³-hybridized carbons (Fsp3) is 0.0909. The van der Waals surface area contributed by atoms with Crippen molar-refractivity contribution in [2.24, 2.45) is 0 Å². The molecule has 2 aromatic carbocycles. The number of carbonyl (C=O) groups is 2. The molecular weight excluding hydrogens is 361 g/mol. The molecule has 0 spiro atoms. The van der Waals surface area contributed by atoms with E-state index in [0.717, 1.165) is 5.56 Å². The fourth-order valence-corrected chi connectivity index (χ4v) is 3.31. The van der Waals surface area contributed by atoms with E-state index in [1.54, 1.807) is 18.2 Å². The molecule has 1 amide bonds. The molecule has 1 aliphatic rings. The first-order valence-corrected chi connectivity index (χ1v) is 8.64. The molecule has 1 aromatic heterocycles. The molecule has 6 heteroatoms. The largest absolute Gasteiger partial charge is 0.503 e. The molecule has 0 fully saturated rings. The summed E-state index contributed by atoms with van der Waals surface area (Å²) in [6, 6.07) is 14.7. The average Bonchev–Trinajstić information content (AvgIpc) is 3.31.